The molecule has 1 N–H and O–H groups in total. The number of nitrogens with one attached hydrogen (secondary N) is 1. The first-order valence-electron chi connectivity index (χ1n) is 8.26. The van der Waals surface area contributed by atoms with Crippen LogP contribution in [0.5, 0.6) is 0 Å². The summed E-state index contributed by atoms with van der Waals surface area (Å²) in [6.45, 7) is 1.24. The van der Waals surface area contributed by atoms with Gasteiger partial charge in [-0.3, -0.25) is 10.1 Å². The fraction of sp³-hybridized carbons (Fsp3) is 0.278. The molecule has 1 aromatic heterocycles. The van der Waals surface area contributed by atoms with Crippen LogP contribution < -0.4 is 4.90 Å². The standard InChI is InChI=1S/C18H17FN4O2/c19-13-6-3-9-16(17(13)23(24)25)22-10-4-5-12(11-22)18-20-14-7-1-2-8-15(14)21-18/h1-3,6-9,12H,4-5,10-11H2,(H,20,21)/t12-/m1/s1. The molecule has 0 saturated carbocycles. The Kier molecular flexibility index (Phi) is 3.83. The lowest BCUT2D eigenvalue weighted by atomic mass is 9.96. The van der Waals surface area contributed by atoms with Gasteiger partial charge in [0.25, 0.3) is 0 Å². The van der Waals surface area contributed by atoms with Crippen molar-refractivity contribution in [1.82, 2.24) is 9.97 Å². The van der Waals surface area contributed by atoms with Crippen molar-refractivity contribution < 1.29 is 9.31 Å². The van der Waals surface area contributed by atoms with Crippen molar-refractivity contribution in [2.75, 3.05) is 18.0 Å². The van der Waals surface area contributed by atoms with Crippen LogP contribution in [-0.4, -0.2) is 28.0 Å². The first-order valence-corrected chi connectivity index (χ1v) is 8.26. The monoisotopic (exact) mass is 340 g/mol. The average Bonchev–Trinajstić information content (AvgIpc) is 3.05. The fourth-order valence-electron chi connectivity index (χ4n) is 3.52. The Labute approximate surface area is 143 Å². The second-order valence-corrected chi connectivity index (χ2v) is 6.29. The smallest absolute Gasteiger partial charge is 0.327 e. The molecule has 0 aliphatic carbocycles. The Morgan fingerprint density at radius 2 is 2.08 bits per heavy atom. The lowest BCUT2D eigenvalue weighted by Gasteiger charge is -2.33. The lowest BCUT2D eigenvalue weighted by Crippen LogP contribution is -2.35. The van der Waals surface area contributed by atoms with Crippen LogP contribution >= 0.6 is 0 Å². The van der Waals surface area contributed by atoms with Crippen molar-refractivity contribution in [3.8, 4) is 0 Å². The third-order valence-corrected chi connectivity index (χ3v) is 4.70. The van der Waals surface area contributed by atoms with Crippen LogP contribution in [0.1, 0.15) is 24.6 Å². The zero-order valence-electron chi connectivity index (χ0n) is 13.5. The molecule has 2 heterocycles. The van der Waals surface area contributed by atoms with Gasteiger partial charge in [0.05, 0.1) is 16.0 Å². The summed E-state index contributed by atoms with van der Waals surface area (Å²) in [6, 6.07) is 12.1. The summed E-state index contributed by atoms with van der Waals surface area (Å²) >= 11 is 0. The number of aromatic nitrogens is 2. The maximum absolute atomic E-state index is 13.9. The van der Waals surface area contributed by atoms with Gasteiger partial charge in [0.2, 0.25) is 5.82 Å². The minimum absolute atomic E-state index is 0.129. The molecule has 0 unspecified atom stereocenters. The highest BCUT2D eigenvalue weighted by Gasteiger charge is 2.29. The summed E-state index contributed by atoms with van der Waals surface area (Å²) in [4.78, 5) is 20.5. The normalized spacial score (nSPS) is 17.8. The third kappa shape index (κ3) is 2.82. The van der Waals surface area contributed by atoms with E-state index in [9.17, 15) is 14.5 Å². The number of anilines is 1. The molecule has 1 fully saturated rings. The van der Waals surface area contributed by atoms with Gasteiger partial charge in [-0.25, -0.2) is 4.98 Å². The van der Waals surface area contributed by atoms with E-state index >= 15 is 0 Å². The highest BCUT2D eigenvalue weighted by Crippen LogP contribution is 2.35. The van der Waals surface area contributed by atoms with Crippen molar-refractivity contribution >= 4 is 22.4 Å². The molecule has 0 spiro atoms. The summed E-state index contributed by atoms with van der Waals surface area (Å²) in [6.07, 6.45) is 1.81. The Balaban J connectivity index is 1.65. The van der Waals surface area contributed by atoms with E-state index in [2.05, 4.69) is 9.97 Å². The molecule has 1 aliphatic rings. The molecule has 1 saturated heterocycles. The van der Waals surface area contributed by atoms with Crippen LogP contribution in [0.3, 0.4) is 0 Å². The van der Waals surface area contributed by atoms with Gasteiger partial charge < -0.3 is 9.88 Å². The lowest BCUT2D eigenvalue weighted by molar-refractivity contribution is -0.386. The van der Waals surface area contributed by atoms with E-state index in [4.69, 9.17) is 0 Å². The summed E-state index contributed by atoms with van der Waals surface area (Å²) in [5.74, 6) is 0.210. The van der Waals surface area contributed by atoms with Gasteiger partial charge in [0.1, 0.15) is 11.5 Å². The molecule has 0 bridgehead atoms. The highest BCUT2D eigenvalue weighted by atomic mass is 19.1. The third-order valence-electron chi connectivity index (χ3n) is 4.70. The molecule has 0 amide bonds. The number of fused-ring (bicyclic) bond motifs is 1. The molecule has 25 heavy (non-hydrogen) atoms. The van der Waals surface area contributed by atoms with E-state index in [1.807, 2.05) is 29.2 Å². The molecule has 3 aromatic rings. The summed E-state index contributed by atoms with van der Waals surface area (Å²) in [5, 5.41) is 11.3. The number of hydrogen-bond acceptors (Lipinski definition) is 4. The second-order valence-electron chi connectivity index (χ2n) is 6.29. The van der Waals surface area contributed by atoms with Crippen molar-refractivity contribution in [3.05, 3.63) is 64.2 Å². The summed E-state index contributed by atoms with van der Waals surface area (Å²) < 4.78 is 13.9. The van der Waals surface area contributed by atoms with Gasteiger partial charge in [-0.15, -0.1) is 0 Å². The number of aromatic amines is 1. The quantitative estimate of drug-likeness (QED) is 0.578. The Morgan fingerprint density at radius 1 is 1.24 bits per heavy atom. The fourth-order valence-corrected chi connectivity index (χ4v) is 3.52. The predicted molar refractivity (Wildman–Crippen MR) is 93.3 cm³/mol. The molecule has 1 aliphatic heterocycles. The molecule has 6 nitrogen and oxygen atoms in total. The van der Waals surface area contributed by atoms with Crippen LogP contribution in [0.25, 0.3) is 11.0 Å². The number of benzene rings is 2. The Hall–Kier alpha value is -2.96. The maximum atomic E-state index is 13.9. The molecular weight excluding hydrogens is 323 g/mol. The number of piperidine rings is 1. The molecule has 7 heteroatoms. The zero-order chi connectivity index (χ0) is 17.4. The van der Waals surface area contributed by atoms with E-state index in [1.165, 1.54) is 6.07 Å². The van der Waals surface area contributed by atoms with Gasteiger partial charge >= 0.3 is 5.69 Å². The van der Waals surface area contributed by atoms with E-state index in [1.54, 1.807) is 6.07 Å². The zero-order valence-corrected chi connectivity index (χ0v) is 13.5. The van der Waals surface area contributed by atoms with Crippen LogP contribution in [-0.2, 0) is 0 Å². The number of para-hydroxylation sites is 3. The van der Waals surface area contributed by atoms with Crippen LogP contribution in [0.2, 0.25) is 0 Å². The number of halogens is 1. The van der Waals surface area contributed by atoms with Crippen molar-refractivity contribution in [3.63, 3.8) is 0 Å². The number of nitrogens with zero attached hydrogens (tertiary/aromatic N) is 3. The molecule has 2 aromatic carbocycles. The van der Waals surface area contributed by atoms with Gasteiger partial charge in [-0.05, 0) is 37.1 Å². The average molecular weight is 340 g/mol. The first-order chi connectivity index (χ1) is 12.1. The van der Waals surface area contributed by atoms with Gasteiger partial charge in [0.15, 0.2) is 0 Å². The topological polar surface area (TPSA) is 75.1 Å². The summed E-state index contributed by atoms with van der Waals surface area (Å²) in [7, 11) is 0. The van der Waals surface area contributed by atoms with Crippen molar-refractivity contribution in [1.29, 1.82) is 0 Å². The number of nitro benzene ring substituents is 1. The van der Waals surface area contributed by atoms with Crippen LogP contribution in [0.4, 0.5) is 15.8 Å². The number of hydrogen-bond donors (Lipinski definition) is 1. The molecular formula is C18H17FN4O2. The largest absolute Gasteiger partial charge is 0.365 e. The van der Waals surface area contributed by atoms with Crippen LogP contribution in [0.15, 0.2) is 42.5 Å². The number of nitro groups is 1. The predicted octanol–water partition coefficient (Wildman–Crippen LogP) is 3.99. The van der Waals surface area contributed by atoms with Gasteiger partial charge in [0, 0.05) is 19.0 Å². The Bertz CT molecular complexity index is 907. The van der Waals surface area contributed by atoms with E-state index in [-0.39, 0.29) is 5.92 Å². The molecule has 1 atom stereocenters. The maximum Gasteiger partial charge on any atom is 0.327 e. The molecule has 0 radical (unpaired) electrons. The number of H-pyrrole nitrogens is 1. The summed E-state index contributed by atoms with van der Waals surface area (Å²) in [5.41, 5.74) is 1.77. The minimum Gasteiger partial charge on any atom is -0.365 e. The highest BCUT2D eigenvalue weighted by molar-refractivity contribution is 5.75. The van der Waals surface area contributed by atoms with Gasteiger partial charge in [-0.2, -0.15) is 4.39 Å². The minimum atomic E-state index is -0.798. The van der Waals surface area contributed by atoms with E-state index < -0.39 is 16.4 Å². The SMILES string of the molecule is O=[N+]([O-])c1c(F)cccc1N1CCC[C@@H](c2nc3ccccc3[nH]2)C1. The van der Waals surface area contributed by atoms with Crippen LogP contribution in [0, 0.1) is 15.9 Å². The Morgan fingerprint density at radius 3 is 2.88 bits per heavy atom. The molecule has 4 rings (SSSR count). The van der Waals surface area contributed by atoms with E-state index in [0.717, 1.165) is 35.8 Å². The first kappa shape index (κ1) is 15.6. The second kappa shape index (κ2) is 6.16. The molecule has 128 valence electrons. The number of imidazole rings is 1. The van der Waals surface area contributed by atoms with Crippen molar-refractivity contribution in [2.45, 2.75) is 18.8 Å². The van der Waals surface area contributed by atoms with Crippen molar-refractivity contribution in [2.24, 2.45) is 0 Å². The van der Waals surface area contributed by atoms with E-state index in [0.29, 0.717) is 18.8 Å². The number of rotatable bonds is 3. The van der Waals surface area contributed by atoms with Gasteiger partial charge in [-0.1, -0.05) is 18.2 Å².